The summed E-state index contributed by atoms with van der Waals surface area (Å²) in [6.07, 6.45) is 0.164. The molecule has 0 atom stereocenters. The zero-order chi connectivity index (χ0) is 21.1. The van der Waals surface area contributed by atoms with Gasteiger partial charge in [0.2, 0.25) is 0 Å². The number of carbonyl (C=O) groups excluding carboxylic acids is 2. The number of nitrogens with one attached hydrogen (secondary N) is 2. The second-order valence-corrected chi connectivity index (χ2v) is 6.83. The van der Waals surface area contributed by atoms with E-state index in [4.69, 9.17) is 4.74 Å². The van der Waals surface area contributed by atoms with E-state index in [1.165, 1.54) is 19.2 Å². The summed E-state index contributed by atoms with van der Waals surface area (Å²) in [5.41, 5.74) is 4.44. The van der Waals surface area contributed by atoms with Crippen LogP contribution in [-0.4, -0.2) is 19.0 Å². The molecule has 0 aromatic heterocycles. The molecule has 0 aliphatic carbocycles. The molecule has 0 fully saturated rings. The lowest BCUT2D eigenvalue weighted by Crippen LogP contribution is -2.10. The second kappa shape index (κ2) is 8.21. The zero-order valence-electron chi connectivity index (χ0n) is 16.2. The summed E-state index contributed by atoms with van der Waals surface area (Å²) in [6, 6.07) is 21.0. The number of carbonyl (C=O) groups is 2. The van der Waals surface area contributed by atoms with Gasteiger partial charge in [0.15, 0.2) is 0 Å². The number of amides is 1. The van der Waals surface area contributed by atoms with Gasteiger partial charge in [-0.2, -0.15) is 0 Å². The summed E-state index contributed by atoms with van der Waals surface area (Å²) in [4.78, 5) is 24.3. The maximum atomic E-state index is 13.6. The standard InChI is InChI=1S/C24H19FN2O3/c1-30-21(28)13-15-7-9-16(10-8-15)23(26-18-5-3-2-4-6-18)22-19-12-11-17(25)14-20(19)27-24(22)29/h2-12,14,26H,13H2,1H3,(H,27,29)/b23-22-. The van der Waals surface area contributed by atoms with Crippen molar-refractivity contribution >= 4 is 34.5 Å². The van der Waals surface area contributed by atoms with E-state index in [9.17, 15) is 14.0 Å². The van der Waals surface area contributed by atoms with Crippen molar-refractivity contribution in [3.8, 4) is 0 Å². The van der Waals surface area contributed by atoms with E-state index >= 15 is 0 Å². The first kappa shape index (κ1) is 19.4. The number of esters is 1. The Morgan fingerprint density at radius 2 is 1.77 bits per heavy atom. The van der Waals surface area contributed by atoms with Gasteiger partial charge in [-0.3, -0.25) is 9.59 Å². The van der Waals surface area contributed by atoms with Crippen LogP contribution in [0.25, 0.3) is 11.3 Å². The van der Waals surface area contributed by atoms with Crippen LogP contribution in [0.2, 0.25) is 0 Å². The van der Waals surface area contributed by atoms with E-state index < -0.39 is 5.82 Å². The molecule has 1 aliphatic heterocycles. The monoisotopic (exact) mass is 402 g/mol. The molecule has 2 N–H and O–H groups in total. The molecule has 3 aromatic rings. The average Bonchev–Trinajstić information content (AvgIpc) is 3.08. The molecule has 0 bridgehead atoms. The number of anilines is 2. The largest absolute Gasteiger partial charge is 0.469 e. The number of para-hydroxylation sites is 1. The Bertz CT molecular complexity index is 1140. The molecule has 0 unspecified atom stereocenters. The van der Waals surface area contributed by atoms with Gasteiger partial charge in [-0.25, -0.2) is 4.39 Å². The number of rotatable bonds is 5. The Hall–Kier alpha value is -3.93. The first-order valence-corrected chi connectivity index (χ1v) is 9.39. The highest BCUT2D eigenvalue weighted by Crippen LogP contribution is 2.37. The maximum absolute atomic E-state index is 13.6. The van der Waals surface area contributed by atoms with Crippen molar-refractivity contribution in [3.63, 3.8) is 0 Å². The number of hydrogen-bond donors (Lipinski definition) is 2. The summed E-state index contributed by atoms with van der Waals surface area (Å²) in [6.45, 7) is 0. The van der Waals surface area contributed by atoms with Crippen LogP contribution < -0.4 is 10.6 Å². The highest BCUT2D eigenvalue weighted by molar-refractivity contribution is 6.37. The highest BCUT2D eigenvalue weighted by atomic mass is 19.1. The van der Waals surface area contributed by atoms with E-state index in [1.54, 1.807) is 6.07 Å². The highest BCUT2D eigenvalue weighted by Gasteiger charge is 2.28. The fraction of sp³-hybridized carbons (Fsp3) is 0.0833. The molecule has 0 radical (unpaired) electrons. The van der Waals surface area contributed by atoms with Gasteiger partial charge in [-0.15, -0.1) is 0 Å². The average molecular weight is 402 g/mol. The molecule has 1 aliphatic rings. The topological polar surface area (TPSA) is 67.4 Å². The minimum Gasteiger partial charge on any atom is -0.469 e. The van der Waals surface area contributed by atoms with E-state index in [0.29, 0.717) is 22.5 Å². The summed E-state index contributed by atoms with van der Waals surface area (Å²) in [5, 5.41) is 6.06. The Labute approximate surface area is 173 Å². The van der Waals surface area contributed by atoms with Crippen LogP contribution in [0.4, 0.5) is 15.8 Å². The molecule has 0 saturated heterocycles. The van der Waals surface area contributed by atoms with Crippen molar-refractivity contribution in [3.05, 3.63) is 95.3 Å². The SMILES string of the molecule is COC(=O)Cc1ccc(/C(Nc2ccccc2)=C2/C(=O)Nc3cc(F)ccc32)cc1. The molecular formula is C24H19FN2O3. The van der Waals surface area contributed by atoms with Crippen molar-refractivity contribution in [2.45, 2.75) is 6.42 Å². The molecule has 3 aromatic carbocycles. The Morgan fingerprint density at radius 1 is 1.03 bits per heavy atom. The van der Waals surface area contributed by atoms with Crippen LogP contribution in [0, 0.1) is 5.82 Å². The fourth-order valence-electron chi connectivity index (χ4n) is 3.37. The molecule has 1 heterocycles. The van der Waals surface area contributed by atoms with Gasteiger partial charge in [0.25, 0.3) is 5.91 Å². The third kappa shape index (κ3) is 3.93. The first-order valence-electron chi connectivity index (χ1n) is 9.39. The van der Waals surface area contributed by atoms with Gasteiger partial charge in [0.1, 0.15) is 5.82 Å². The quantitative estimate of drug-likeness (QED) is 0.488. The van der Waals surface area contributed by atoms with Crippen LogP contribution in [-0.2, 0) is 20.7 Å². The molecule has 30 heavy (non-hydrogen) atoms. The van der Waals surface area contributed by atoms with Crippen LogP contribution in [0.15, 0.2) is 72.8 Å². The van der Waals surface area contributed by atoms with E-state index in [2.05, 4.69) is 10.6 Å². The van der Waals surface area contributed by atoms with E-state index in [0.717, 1.165) is 16.8 Å². The van der Waals surface area contributed by atoms with Crippen LogP contribution in [0.1, 0.15) is 16.7 Å². The number of hydrogen-bond acceptors (Lipinski definition) is 4. The Morgan fingerprint density at radius 3 is 2.47 bits per heavy atom. The number of methoxy groups -OCH3 is 1. The van der Waals surface area contributed by atoms with Crippen LogP contribution in [0.3, 0.4) is 0 Å². The summed E-state index contributed by atoms with van der Waals surface area (Å²) >= 11 is 0. The Kier molecular flexibility index (Phi) is 5.30. The van der Waals surface area contributed by atoms with Crippen molar-refractivity contribution in [2.24, 2.45) is 0 Å². The van der Waals surface area contributed by atoms with Gasteiger partial charge < -0.3 is 15.4 Å². The van der Waals surface area contributed by atoms with E-state index in [-0.39, 0.29) is 18.3 Å². The van der Waals surface area contributed by atoms with Crippen LogP contribution in [0.5, 0.6) is 0 Å². The molecule has 4 rings (SSSR count). The lowest BCUT2D eigenvalue weighted by Gasteiger charge is -2.15. The zero-order valence-corrected chi connectivity index (χ0v) is 16.2. The van der Waals surface area contributed by atoms with Gasteiger partial charge in [0.05, 0.1) is 30.5 Å². The normalized spacial score (nSPS) is 14.0. The lowest BCUT2D eigenvalue weighted by atomic mass is 9.98. The molecule has 6 heteroatoms. The lowest BCUT2D eigenvalue weighted by molar-refractivity contribution is -0.139. The van der Waals surface area contributed by atoms with Gasteiger partial charge in [-0.05, 0) is 41.5 Å². The molecular weight excluding hydrogens is 383 g/mol. The fourth-order valence-corrected chi connectivity index (χ4v) is 3.37. The van der Waals surface area contributed by atoms with Crippen molar-refractivity contribution < 1.29 is 18.7 Å². The summed E-state index contributed by atoms with van der Waals surface area (Å²) in [7, 11) is 1.35. The van der Waals surface area contributed by atoms with Gasteiger partial charge in [0, 0.05) is 11.3 Å². The molecule has 1 amide bonds. The third-order valence-electron chi connectivity index (χ3n) is 4.84. The minimum atomic E-state index is -0.417. The van der Waals surface area contributed by atoms with Gasteiger partial charge >= 0.3 is 5.97 Å². The number of fused-ring (bicyclic) bond motifs is 1. The summed E-state index contributed by atoms with van der Waals surface area (Å²) in [5.74, 6) is -1.05. The number of benzene rings is 3. The predicted octanol–water partition coefficient (Wildman–Crippen LogP) is 4.47. The molecule has 150 valence electrons. The van der Waals surface area contributed by atoms with E-state index in [1.807, 2.05) is 54.6 Å². The number of ether oxygens (including phenoxy) is 1. The molecule has 0 saturated carbocycles. The minimum absolute atomic E-state index is 0.164. The predicted molar refractivity (Wildman–Crippen MR) is 114 cm³/mol. The smallest absolute Gasteiger partial charge is 0.309 e. The number of halogens is 1. The maximum Gasteiger partial charge on any atom is 0.309 e. The molecule has 5 nitrogen and oxygen atoms in total. The van der Waals surface area contributed by atoms with Crippen molar-refractivity contribution in [2.75, 3.05) is 17.7 Å². The van der Waals surface area contributed by atoms with Crippen molar-refractivity contribution in [1.82, 2.24) is 0 Å². The second-order valence-electron chi connectivity index (χ2n) is 6.83. The third-order valence-corrected chi connectivity index (χ3v) is 4.84. The van der Waals surface area contributed by atoms with Gasteiger partial charge in [-0.1, -0.05) is 42.5 Å². The summed E-state index contributed by atoms with van der Waals surface area (Å²) < 4.78 is 18.4. The first-order chi connectivity index (χ1) is 14.5. The van der Waals surface area contributed by atoms with Crippen LogP contribution >= 0.6 is 0 Å². The Balaban J connectivity index is 1.81. The van der Waals surface area contributed by atoms with Crippen molar-refractivity contribution in [1.29, 1.82) is 0 Å². The molecule has 0 spiro atoms.